The van der Waals surface area contributed by atoms with Gasteiger partial charge in [0.2, 0.25) is 5.91 Å². The van der Waals surface area contributed by atoms with Crippen molar-refractivity contribution in [1.29, 1.82) is 0 Å². The predicted octanol–water partition coefficient (Wildman–Crippen LogP) is 1.91. The van der Waals surface area contributed by atoms with Gasteiger partial charge in [-0.05, 0) is 18.6 Å². The molecule has 0 aliphatic heterocycles. The van der Waals surface area contributed by atoms with E-state index in [1.165, 1.54) is 0 Å². The summed E-state index contributed by atoms with van der Waals surface area (Å²) in [6, 6.07) is 3.52. The van der Waals surface area contributed by atoms with E-state index < -0.39 is 31.0 Å². The van der Waals surface area contributed by atoms with Crippen LogP contribution in [0.5, 0.6) is 0 Å². The van der Waals surface area contributed by atoms with Crippen LogP contribution in [0.2, 0.25) is 0 Å². The number of aliphatic hydroxyl groups is 1. The first-order valence-electron chi connectivity index (χ1n) is 5.92. The molecule has 0 radical (unpaired) electrons. The summed E-state index contributed by atoms with van der Waals surface area (Å²) in [6.07, 6.45) is -4.73. The van der Waals surface area contributed by atoms with Gasteiger partial charge in [0.15, 0.2) is 0 Å². The van der Waals surface area contributed by atoms with Gasteiger partial charge in [-0.1, -0.05) is 0 Å². The van der Waals surface area contributed by atoms with Crippen LogP contribution in [-0.2, 0) is 11.8 Å². The molecule has 0 aliphatic carbocycles. The number of nitrogens with one attached hydrogen (secondary N) is 1. The molecule has 0 saturated carbocycles. The highest BCUT2D eigenvalue weighted by Crippen LogP contribution is 2.21. The highest BCUT2D eigenvalue weighted by Gasteiger charge is 2.27. The molecule has 108 valence electrons. The number of rotatable bonds is 6. The lowest BCUT2D eigenvalue weighted by Crippen LogP contribution is -2.27. The molecule has 1 heterocycles. The maximum atomic E-state index is 11.9. The Morgan fingerprint density at radius 3 is 2.74 bits per heavy atom. The Labute approximate surface area is 109 Å². The summed E-state index contributed by atoms with van der Waals surface area (Å²) in [5.74, 6) is -0.656. The molecular formula is C12H17F3N2O2. The van der Waals surface area contributed by atoms with Crippen LogP contribution in [-0.4, -0.2) is 28.3 Å². The normalized spacial score (nSPS) is 13.3. The van der Waals surface area contributed by atoms with Crippen LogP contribution >= 0.6 is 0 Å². The van der Waals surface area contributed by atoms with Gasteiger partial charge in [-0.25, -0.2) is 0 Å². The van der Waals surface area contributed by atoms with Gasteiger partial charge in [-0.15, -0.1) is 0 Å². The van der Waals surface area contributed by atoms with Crippen LogP contribution in [0.15, 0.2) is 18.3 Å². The molecule has 0 bridgehead atoms. The largest absolute Gasteiger partial charge is 0.389 e. The van der Waals surface area contributed by atoms with E-state index in [-0.39, 0.29) is 13.0 Å². The number of aromatic nitrogens is 1. The maximum Gasteiger partial charge on any atom is 0.389 e. The zero-order valence-electron chi connectivity index (χ0n) is 10.6. The quantitative estimate of drug-likeness (QED) is 0.835. The van der Waals surface area contributed by atoms with E-state index >= 15 is 0 Å². The number of nitrogens with zero attached hydrogens (tertiary/aromatic N) is 1. The molecule has 1 amide bonds. The second kappa shape index (κ2) is 6.60. The standard InChI is InChI=1S/C12H17F3N2O2/c1-17-8-2-3-9(17)10(18)5-7-16-11(19)4-6-12(13,14)15/h2-3,8,10,18H,4-7H2,1H3,(H,16,19). The fraction of sp³-hybridized carbons (Fsp3) is 0.583. The summed E-state index contributed by atoms with van der Waals surface area (Å²) in [7, 11) is 1.78. The molecule has 1 rings (SSSR count). The first kappa shape index (κ1) is 15.6. The number of alkyl halides is 3. The third-order valence-corrected chi connectivity index (χ3v) is 2.70. The molecule has 0 fully saturated rings. The van der Waals surface area contributed by atoms with Crippen molar-refractivity contribution in [2.75, 3.05) is 6.54 Å². The van der Waals surface area contributed by atoms with Crippen LogP contribution in [0.25, 0.3) is 0 Å². The number of carbonyl (C=O) groups is 1. The van der Waals surface area contributed by atoms with E-state index in [1.807, 2.05) is 0 Å². The van der Waals surface area contributed by atoms with E-state index in [9.17, 15) is 23.1 Å². The van der Waals surface area contributed by atoms with Gasteiger partial charge in [0.25, 0.3) is 0 Å². The van der Waals surface area contributed by atoms with Gasteiger partial charge in [-0.3, -0.25) is 4.79 Å². The maximum absolute atomic E-state index is 11.9. The summed E-state index contributed by atoms with van der Waals surface area (Å²) in [5.41, 5.74) is 0.699. The second-order valence-corrected chi connectivity index (χ2v) is 4.31. The molecule has 4 nitrogen and oxygen atoms in total. The number of amides is 1. The third kappa shape index (κ3) is 5.78. The van der Waals surface area contributed by atoms with Gasteiger partial charge >= 0.3 is 6.18 Å². The van der Waals surface area contributed by atoms with Crippen molar-refractivity contribution in [2.24, 2.45) is 7.05 Å². The molecule has 0 spiro atoms. The van der Waals surface area contributed by atoms with E-state index in [2.05, 4.69) is 5.32 Å². The van der Waals surface area contributed by atoms with Crippen LogP contribution in [0, 0.1) is 0 Å². The zero-order valence-corrected chi connectivity index (χ0v) is 10.6. The van der Waals surface area contributed by atoms with Crippen molar-refractivity contribution in [2.45, 2.75) is 31.5 Å². The second-order valence-electron chi connectivity index (χ2n) is 4.31. The Balaban J connectivity index is 2.23. The lowest BCUT2D eigenvalue weighted by molar-refractivity contribution is -0.144. The van der Waals surface area contributed by atoms with E-state index in [4.69, 9.17) is 0 Å². The number of halogens is 3. The lowest BCUT2D eigenvalue weighted by atomic mass is 10.2. The fourth-order valence-corrected chi connectivity index (χ4v) is 1.66. The highest BCUT2D eigenvalue weighted by atomic mass is 19.4. The molecule has 7 heteroatoms. The van der Waals surface area contributed by atoms with Crippen LogP contribution in [0.1, 0.15) is 31.1 Å². The molecule has 1 aromatic heterocycles. The van der Waals surface area contributed by atoms with Gasteiger partial charge in [0, 0.05) is 31.9 Å². The highest BCUT2D eigenvalue weighted by molar-refractivity contribution is 5.75. The van der Waals surface area contributed by atoms with Crippen LogP contribution in [0.4, 0.5) is 13.2 Å². The first-order chi connectivity index (χ1) is 8.79. The number of aryl methyl sites for hydroxylation is 1. The van der Waals surface area contributed by atoms with Crippen LogP contribution < -0.4 is 5.32 Å². The number of aliphatic hydroxyl groups excluding tert-OH is 1. The molecular weight excluding hydrogens is 261 g/mol. The first-order valence-corrected chi connectivity index (χ1v) is 5.92. The van der Waals surface area contributed by atoms with E-state index in [0.717, 1.165) is 0 Å². The molecule has 1 unspecified atom stereocenters. The zero-order chi connectivity index (χ0) is 14.5. The van der Waals surface area contributed by atoms with Crippen molar-refractivity contribution in [3.63, 3.8) is 0 Å². The topological polar surface area (TPSA) is 54.3 Å². The summed E-state index contributed by atoms with van der Waals surface area (Å²) in [5, 5.41) is 12.2. The lowest BCUT2D eigenvalue weighted by Gasteiger charge is -2.12. The van der Waals surface area contributed by atoms with Crippen molar-refractivity contribution in [3.05, 3.63) is 24.0 Å². The Bertz CT molecular complexity index is 415. The molecule has 0 saturated heterocycles. The minimum Gasteiger partial charge on any atom is -0.387 e. The van der Waals surface area contributed by atoms with Gasteiger partial charge in [0.1, 0.15) is 0 Å². The third-order valence-electron chi connectivity index (χ3n) is 2.70. The Hall–Kier alpha value is -1.50. The average molecular weight is 278 g/mol. The SMILES string of the molecule is Cn1cccc1C(O)CCNC(=O)CCC(F)(F)F. The van der Waals surface area contributed by atoms with E-state index in [0.29, 0.717) is 5.69 Å². The monoisotopic (exact) mass is 278 g/mol. The molecule has 2 N–H and O–H groups in total. The Kier molecular flexibility index (Phi) is 5.41. The minimum absolute atomic E-state index is 0.142. The molecule has 1 atom stereocenters. The predicted molar refractivity (Wildman–Crippen MR) is 63.3 cm³/mol. The van der Waals surface area contributed by atoms with E-state index in [1.54, 1.807) is 29.9 Å². The summed E-state index contributed by atoms with van der Waals surface area (Å²) in [6.45, 7) is 0.142. The van der Waals surface area contributed by atoms with Gasteiger partial charge < -0.3 is 15.0 Å². The number of hydrogen-bond donors (Lipinski definition) is 2. The van der Waals surface area contributed by atoms with Crippen molar-refractivity contribution >= 4 is 5.91 Å². The number of carbonyl (C=O) groups excluding carboxylic acids is 1. The summed E-state index contributed by atoms with van der Waals surface area (Å²) < 4.78 is 37.4. The average Bonchev–Trinajstić information content (AvgIpc) is 2.72. The summed E-state index contributed by atoms with van der Waals surface area (Å²) >= 11 is 0. The smallest absolute Gasteiger partial charge is 0.387 e. The number of hydrogen-bond acceptors (Lipinski definition) is 2. The van der Waals surface area contributed by atoms with Crippen molar-refractivity contribution in [1.82, 2.24) is 9.88 Å². The van der Waals surface area contributed by atoms with Crippen LogP contribution in [0.3, 0.4) is 0 Å². The Morgan fingerprint density at radius 1 is 1.53 bits per heavy atom. The Morgan fingerprint density at radius 2 is 2.21 bits per heavy atom. The molecule has 1 aromatic rings. The fourth-order valence-electron chi connectivity index (χ4n) is 1.66. The molecule has 0 aliphatic rings. The minimum atomic E-state index is -4.32. The van der Waals surface area contributed by atoms with Crippen molar-refractivity contribution in [3.8, 4) is 0 Å². The molecule has 0 aromatic carbocycles. The summed E-state index contributed by atoms with van der Waals surface area (Å²) in [4.78, 5) is 11.1. The molecule has 19 heavy (non-hydrogen) atoms. The van der Waals surface area contributed by atoms with Crippen molar-refractivity contribution < 1.29 is 23.1 Å². The van der Waals surface area contributed by atoms with Gasteiger partial charge in [-0.2, -0.15) is 13.2 Å². The van der Waals surface area contributed by atoms with Gasteiger partial charge in [0.05, 0.1) is 12.5 Å².